The third-order valence-electron chi connectivity index (χ3n) is 3.47. The van der Waals surface area contributed by atoms with Crippen LogP contribution < -0.4 is 15.0 Å². The number of nitrogens with one attached hydrogen (secondary N) is 1. The quantitative estimate of drug-likeness (QED) is 0.629. The minimum atomic E-state index is -0.160. The van der Waals surface area contributed by atoms with Gasteiger partial charge < -0.3 is 14.5 Å². The minimum absolute atomic E-state index is 0.0388. The summed E-state index contributed by atoms with van der Waals surface area (Å²) in [5.74, 6) is 1.81. The predicted molar refractivity (Wildman–Crippen MR) is 103 cm³/mol. The molecule has 0 amide bonds. The van der Waals surface area contributed by atoms with Gasteiger partial charge in [-0.1, -0.05) is 12.1 Å². The lowest BCUT2D eigenvalue weighted by Gasteiger charge is -2.16. The van der Waals surface area contributed by atoms with Gasteiger partial charge in [-0.3, -0.25) is 4.79 Å². The van der Waals surface area contributed by atoms with E-state index in [1.165, 1.54) is 0 Å². The number of methoxy groups -OCH3 is 1. The van der Waals surface area contributed by atoms with Gasteiger partial charge in [-0.25, -0.2) is 4.98 Å². The molecule has 0 atom stereocenters. The second-order valence-electron chi connectivity index (χ2n) is 5.59. The number of rotatable bonds is 4. The van der Waals surface area contributed by atoms with Crippen LogP contribution in [0, 0.1) is 3.57 Å². The first-order chi connectivity index (χ1) is 11.5. The summed E-state index contributed by atoms with van der Waals surface area (Å²) in [4.78, 5) is 19.7. The number of H-pyrrole nitrogens is 1. The van der Waals surface area contributed by atoms with Crippen molar-refractivity contribution in [1.29, 1.82) is 0 Å². The molecule has 1 N–H and O–H groups in total. The fraction of sp³-hybridized carbons (Fsp3) is 0.222. The van der Waals surface area contributed by atoms with E-state index in [-0.39, 0.29) is 11.7 Å². The van der Waals surface area contributed by atoms with Crippen LogP contribution in [0.1, 0.15) is 13.8 Å². The molecule has 0 saturated carbocycles. The Morgan fingerprint density at radius 1 is 1.21 bits per heavy atom. The molecule has 0 fully saturated rings. The molecule has 0 aliphatic heterocycles. The molecule has 1 heterocycles. The van der Waals surface area contributed by atoms with Gasteiger partial charge >= 0.3 is 0 Å². The van der Waals surface area contributed by atoms with E-state index < -0.39 is 0 Å². The van der Waals surface area contributed by atoms with E-state index in [1.54, 1.807) is 13.2 Å². The van der Waals surface area contributed by atoms with E-state index in [9.17, 15) is 4.79 Å². The van der Waals surface area contributed by atoms with Gasteiger partial charge in [0.05, 0.1) is 27.7 Å². The first kappa shape index (κ1) is 16.8. The molecule has 0 radical (unpaired) electrons. The molecule has 1 aromatic heterocycles. The summed E-state index contributed by atoms with van der Waals surface area (Å²) in [7, 11) is 1.60. The van der Waals surface area contributed by atoms with Crippen LogP contribution in [0.25, 0.3) is 22.3 Å². The Labute approximate surface area is 153 Å². The van der Waals surface area contributed by atoms with E-state index in [0.29, 0.717) is 28.2 Å². The van der Waals surface area contributed by atoms with Crippen LogP contribution >= 0.6 is 22.6 Å². The van der Waals surface area contributed by atoms with Crippen molar-refractivity contribution >= 4 is 33.5 Å². The lowest BCUT2D eigenvalue weighted by Crippen LogP contribution is -2.10. The van der Waals surface area contributed by atoms with E-state index in [4.69, 9.17) is 9.47 Å². The molecule has 124 valence electrons. The normalized spacial score (nSPS) is 11.0. The maximum Gasteiger partial charge on any atom is 0.259 e. The standard InChI is InChI=1S/C18H17IN2O3/c1-10(2)24-16-13(19)8-11(9-15(16)23-3)17-20-14-7-5-4-6-12(14)18(22)21-17/h4-10H,1-3H3,(H,20,21,22). The highest BCUT2D eigenvalue weighted by atomic mass is 127. The van der Waals surface area contributed by atoms with Gasteiger partial charge in [0.15, 0.2) is 11.5 Å². The molecule has 5 nitrogen and oxygen atoms in total. The lowest BCUT2D eigenvalue weighted by atomic mass is 10.1. The van der Waals surface area contributed by atoms with E-state index in [1.807, 2.05) is 44.2 Å². The van der Waals surface area contributed by atoms with Crippen molar-refractivity contribution in [2.24, 2.45) is 0 Å². The van der Waals surface area contributed by atoms with Gasteiger partial charge in [-0.05, 0) is 60.7 Å². The van der Waals surface area contributed by atoms with Crippen LogP contribution in [0.3, 0.4) is 0 Å². The van der Waals surface area contributed by atoms with Gasteiger partial charge in [0, 0.05) is 5.56 Å². The molecule has 0 bridgehead atoms. The summed E-state index contributed by atoms with van der Waals surface area (Å²) in [6.07, 6.45) is 0.0388. The molecule has 0 saturated heterocycles. The predicted octanol–water partition coefficient (Wildman–Crippen LogP) is 3.99. The van der Waals surface area contributed by atoms with Crippen molar-refractivity contribution in [1.82, 2.24) is 9.97 Å². The average molecular weight is 436 g/mol. The van der Waals surface area contributed by atoms with Gasteiger partial charge in [-0.2, -0.15) is 0 Å². The van der Waals surface area contributed by atoms with Crippen LogP contribution in [-0.2, 0) is 0 Å². The molecule has 0 aliphatic carbocycles. The van der Waals surface area contributed by atoms with Crippen molar-refractivity contribution in [3.63, 3.8) is 0 Å². The van der Waals surface area contributed by atoms with Gasteiger partial charge in [0.1, 0.15) is 5.82 Å². The summed E-state index contributed by atoms with van der Waals surface area (Å²) in [5, 5.41) is 0.572. The van der Waals surface area contributed by atoms with Crippen molar-refractivity contribution in [2.45, 2.75) is 20.0 Å². The number of ether oxygens (including phenoxy) is 2. The Hall–Kier alpha value is -2.09. The molecule has 2 aromatic carbocycles. The summed E-state index contributed by atoms with van der Waals surface area (Å²) in [6.45, 7) is 3.93. The summed E-state index contributed by atoms with van der Waals surface area (Å²) in [5.41, 5.74) is 1.27. The Balaban J connectivity index is 2.16. The molecule has 3 rings (SSSR count). The third-order valence-corrected chi connectivity index (χ3v) is 4.27. The van der Waals surface area contributed by atoms with E-state index in [2.05, 4.69) is 32.6 Å². The number of nitrogens with zero attached hydrogens (tertiary/aromatic N) is 1. The van der Waals surface area contributed by atoms with Crippen molar-refractivity contribution in [3.8, 4) is 22.9 Å². The molecule has 24 heavy (non-hydrogen) atoms. The summed E-state index contributed by atoms with van der Waals surface area (Å²) in [6, 6.07) is 11.0. The molecular weight excluding hydrogens is 419 g/mol. The number of fused-ring (bicyclic) bond motifs is 1. The molecule has 0 unspecified atom stereocenters. The zero-order valence-electron chi connectivity index (χ0n) is 13.6. The van der Waals surface area contributed by atoms with Gasteiger partial charge in [-0.15, -0.1) is 0 Å². The maximum atomic E-state index is 12.3. The summed E-state index contributed by atoms with van der Waals surface area (Å²) >= 11 is 2.20. The van der Waals surface area contributed by atoms with Crippen molar-refractivity contribution in [3.05, 3.63) is 50.3 Å². The number of hydrogen-bond acceptors (Lipinski definition) is 4. The van der Waals surface area contributed by atoms with Crippen molar-refractivity contribution < 1.29 is 9.47 Å². The van der Waals surface area contributed by atoms with E-state index in [0.717, 1.165) is 9.13 Å². The van der Waals surface area contributed by atoms with Crippen LogP contribution in [0.5, 0.6) is 11.5 Å². The topological polar surface area (TPSA) is 64.2 Å². The Kier molecular flexibility index (Phi) is 4.75. The van der Waals surface area contributed by atoms with Crippen LogP contribution in [0.4, 0.5) is 0 Å². The summed E-state index contributed by atoms with van der Waals surface area (Å²) < 4.78 is 12.2. The largest absolute Gasteiger partial charge is 0.493 e. The van der Waals surface area contributed by atoms with Crippen molar-refractivity contribution in [2.75, 3.05) is 7.11 Å². The number of para-hydroxylation sites is 1. The molecule has 3 aromatic rings. The zero-order valence-corrected chi connectivity index (χ0v) is 15.7. The van der Waals surface area contributed by atoms with Crippen LogP contribution in [0.2, 0.25) is 0 Å². The molecule has 0 spiro atoms. The molecular formula is C18H17IN2O3. The van der Waals surface area contributed by atoms with Gasteiger partial charge in [0.25, 0.3) is 5.56 Å². The molecule has 0 aliphatic rings. The maximum absolute atomic E-state index is 12.3. The van der Waals surface area contributed by atoms with Gasteiger partial charge in [0.2, 0.25) is 0 Å². The first-order valence-electron chi connectivity index (χ1n) is 7.53. The zero-order chi connectivity index (χ0) is 17.3. The average Bonchev–Trinajstić information content (AvgIpc) is 2.56. The fourth-order valence-electron chi connectivity index (χ4n) is 2.43. The SMILES string of the molecule is COc1cc(-c2nc3ccccc3c(=O)[nH]2)cc(I)c1OC(C)C. The fourth-order valence-corrected chi connectivity index (χ4v) is 3.16. The number of halogens is 1. The van der Waals surface area contributed by atoms with Crippen LogP contribution in [0.15, 0.2) is 41.2 Å². The number of benzene rings is 2. The monoisotopic (exact) mass is 436 g/mol. The Morgan fingerprint density at radius 2 is 1.96 bits per heavy atom. The number of aromatic nitrogens is 2. The second-order valence-corrected chi connectivity index (χ2v) is 6.75. The highest BCUT2D eigenvalue weighted by molar-refractivity contribution is 14.1. The Morgan fingerprint density at radius 3 is 2.67 bits per heavy atom. The highest BCUT2D eigenvalue weighted by Gasteiger charge is 2.15. The highest BCUT2D eigenvalue weighted by Crippen LogP contribution is 2.37. The minimum Gasteiger partial charge on any atom is -0.493 e. The molecule has 6 heteroatoms. The van der Waals surface area contributed by atoms with E-state index >= 15 is 0 Å². The number of hydrogen-bond donors (Lipinski definition) is 1. The second kappa shape index (κ2) is 6.80. The Bertz CT molecular complexity index is 951. The third kappa shape index (κ3) is 3.24. The van der Waals surface area contributed by atoms with Crippen LogP contribution in [-0.4, -0.2) is 23.2 Å². The number of aromatic amines is 1. The first-order valence-corrected chi connectivity index (χ1v) is 8.61. The lowest BCUT2D eigenvalue weighted by molar-refractivity contribution is 0.228. The smallest absolute Gasteiger partial charge is 0.259 e.